The Kier molecular flexibility index (Phi) is 5.73. The predicted molar refractivity (Wildman–Crippen MR) is 128 cm³/mol. The first kappa shape index (κ1) is 23.8. The van der Waals surface area contributed by atoms with E-state index in [9.17, 15) is 19.8 Å². The van der Waals surface area contributed by atoms with Gasteiger partial charge >= 0.3 is 5.97 Å². The average Bonchev–Trinajstić information content (AvgIpc) is 3.30. The Hall–Kier alpha value is -3.88. The van der Waals surface area contributed by atoms with E-state index in [0.29, 0.717) is 28.7 Å². The van der Waals surface area contributed by atoms with Gasteiger partial charge in [-0.3, -0.25) is 9.59 Å². The van der Waals surface area contributed by atoms with Crippen LogP contribution in [0.2, 0.25) is 0 Å². The van der Waals surface area contributed by atoms with E-state index in [-0.39, 0.29) is 17.1 Å². The molecule has 1 aliphatic carbocycles. The van der Waals surface area contributed by atoms with Gasteiger partial charge in [0, 0.05) is 23.6 Å². The Morgan fingerprint density at radius 3 is 2.28 bits per heavy atom. The average molecular weight is 491 g/mol. The number of hydrogen-bond donors (Lipinski definition) is 2. The Morgan fingerprint density at radius 1 is 1.00 bits per heavy atom. The molecule has 3 aromatic rings. The van der Waals surface area contributed by atoms with Gasteiger partial charge in [-0.2, -0.15) is 0 Å². The molecule has 1 saturated carbocycles. The van der Waals surface area contributed by atoms with Gasteiger partial charge in [-0.05, 0) is 11.1 Å². The number of carbonyl (C=O) groups excluding carboxylic acids is 2. The van der Waals surface area contributed by atoms with Gasteiger partial charge in [0.2, 0.25) is 0 Å². The van der Waals surface area contributed by atoms with Gasteiger partial charge < -0.3 is 29.2 Å². The van der Waals surface area contributed by atoms with E-state index in [2.05, 4.69) is 0 Å². The van der Waals surface area contributed by atoms with Crippen LogP contribution in [0.25, 0.3) is 0 Å². The molecule has 5 atom stereocenters. The third-order valence-electron chi connectivity index (χ3n) is 7.39. The first-order valence-corrected chi connectivity index (χ1v) is 11.4. The van der Waals surface area contributed by atoms with Crippen molar-refractivity contribution in [3.63, 3.8) is 0 Å². The fraction of sp³-hybridized carbons (Fsp3) is 0.286. The van der Waals surface area contributed by atoms with E-state index in [0.717, 1.165) is 0 Å². The second kappa shape index (κ2) is 8.65. The summed E-state index contributed by atoms with van der Waals surface area (Å²) < 4.78 is 22.8. The molecule has 186 valence electrons. The number of ether oxygens (including phenoxy) is 4. The Bertz CT molecular complexity index is 1310. The quantitative estimate of drug-likeness (QED) is 0.401. The summed E-state index contributed by atoms with van der Waals surface area (Å²) >= 11 is 0. The van der Waals surface area contributed by atoms with Gasteiger partial charge in [-0.1, -0.05) is 54.6 Å². The number of aliphatic hydroxyl groups is 2. The van der Waals surface area contributed by atoms with Crippen molar-refractivity contribution in [2.75, 3.05) is 21.3 Å². The van der Waals surface area contributed by atoms with Crippen molar-refractivity contribution in [3.05, 3.63) is 89.0 Å². The van der Waals surface area contributed by atoms with Crippen LogP contribution in [0.4, 0.5) is 0 Å². The molecular weight excluding hydrogens is 464 g/mol. The van der Waals surface area contributed by atoms with Gasteiger partial charge in [-0.25, -0.2) is 0 Å². The Labute approximate surface area is 208 Å². The lowest BCUT2D eigenvalue weighted by molar-refractivity contribution is -0.161. The highest BCUT2D eigenvalue weighted by Crippen LogP contribution is 2.70. The van der Waals surface area contributed by atoms with Crippen molar-refractivity contribution in [2.24, 2.45) is 5.92 Å². The molecule has 0 saturated heterocycles. The Balaban J connectivity index is 1.89. The first-order valence-electron chi connectivity index (χ1n) is 11.4. The molecule has 8 nitrogen and oxygen atoms in total. The highest BCUT2D eigenvalue weighted by atomic mass is 16.5. The van der Waals surface area contributed by atoms with Crippen LogP contribution in [0.3, 0.4) is 0 Å². The lowest BCUT2D eigenvalue weighted by atomic mass is 9.70. The van der Waals surface area contributed by atoms with Crippen molar-refractivity contribution < 1.29 is 38.7 Å². The maximum atomic E-state index is 13.2. The monoisotopic (exact) mass is 490 g/mol. The maximum absolute atomic E-state index is 13.2. The van der Waals surface area contributed by atoms with Crippen LogP contribution in [0, 0.1) is 5.92 Å². The van der Waals surface area contributed by atoms with Crippen molar-refractivity contribution >= 4 is 12.3 Å². The zero-order valence-corrected chi connectivity index (χ0v) is 20.0. The highest BCUT2D eigenvalue weighted by Gasteiger charge is 2.78. The van der Waals surface area contributed by atoms with Gasteiger partial charge in [0.25, 0.3) is 0 Å². The molecule has 0 amide bonds. The minimum Gasteiger partial charge on any atom is -0.496 e. The standard InChI is InChI=1S/C28H26O8/c1-33-19-13-20(34-2)24-21(14-19)36-28(18-11-9-16(15-29)10-12-18)23(17-7-5-4-6-8-17)22(26(31)35-3)25(30)27(24,28)32/h4-15,22-23,25,30,32H,1-3H3/t22-,23-,25-,27+,28+/m1/s1. The number of aldehydes is 1. The van der Waals surface area contributed by atoms with Crippen molar-refractivity contribution in [2.45, 2.75) is 23.2 Å². The lowest BCUT2D eigenvalue weighted by Gasteiger charge is -2.40. The van der Waals surface area contributed by atoms with E-state index >= 15 is 0 Å². The normalized spacial score (nSPS) is 28.0. The summed E-state index contributed by atoms with van der Waals surface area (Å²) in [5.74, 6) is -1.85. The second-order valence-corrected chi connectivity index (χ2v) is 8.93. The number of aliphatic hydroxyl groups excluding tert-OH is 1. The lowest BCUT2D eigenvalue weighted by Crippen LogP contribution is -2.52. The molecule has 36 heavy (non-hydrogen) atoms. The summed E-state index contributed by atoms with van der Waals surface area (Å²) in [6.45, 7) is 0. The summed E-state index contributed by atoms with van der Waals surface area (Å²) in [5, 5.41) is 24.4. The summed E-state index contributed by atoms with van der Waals surface area (Å²) in [6.07, 6.45) is -0.925. The molecule has 0 bridgehead atoms. The number of hydrogen-bond acceptors (Lipinski definition) is 8. The number of esters is 1. The molecule has 1 heterocycles. The summed E-state index contributed by atoms with van der Waals surface area (Å²) in [6, 6.07) is 18.8. The van der Waals surface area contributed by atoms with E-state index in [1.807, 2.05) is 30.3 Å². The van der Waals surface area contributed by atoms with Gasteiger partial charge in [0.15, 0.2) is 11.2 Å². The largest absolute Gasteiger partial charge is 0.496 e. The topological polar surface area (TPSA) is 112 Å². The molecule has 0 radical (unpaired) electrons. The zero-order chi connectivity index (χ0) is 25.7. The van der Waals surface area contributed by atoms with Crippen molar-refractivity contribution in [1.82, 2.24) is 0 Å². The van der Waals surface area contributed by atoms with E-state index in [4.69, 9.17) is 18.9 Å². The van der Waals surface area contributed by atoms with Crippen LogP contribution in [-0.4, -0.2) is 49.9 Å². The molecule has 2 aliphatic rings. The van der Waals surface area contributed by atoms with Crippen LogP contribution in [0.1, 0.15) is 33.0 Å². The van der Waals surface area contributed by atoms with Gasteiger partial charge in [0.1, 0.15) is 29.6 Å². The minimum atomic E-state index is -2.14. The van der Waals surface area contributed by atoms with Gasteiger partial charge in [0.05, 0.1) is 32.8 Å². The zero-order valence-electron chi connectivity index (χ0n) is 20.0. The molecular formula is C28H26O8. The molecule has 1 aliphatic heterocycles. The third-order valence-corrected chi connectivity index (χ3v) is 7.39. The minimum absolute atomic E-state index is 0.199. The van der Waals surface area contributed by atoms with Crippen LogP contribution >= 0.6 is 0 Å². The first-order chi connectivity index (χ1) is 17.4. The number of methoxy groups -OCH3 is 3. The fourth-order valence-corrected chi connectivity index (χ4v) is 5.87. The molecule has 0 spiro atoms. The smallest absolute Gasteiger partial charge is 0.312 e. The van der Waals surface area contributed by atoms with Crippen molar-refractivity contribution in [1.29, 1.82) is 0 Å². The number of fused-ring (bicyclic) bond motifs is 3. The van der Waals surface area contributed by atoms with Crippen LogP contribution < -0.4 is 14.2 Å². The molecule has 2 N–H and O–H groups in total. The molecule has 8 heteroatoms. The van der Waals surface area contributed by atoms with E-state index < -0.39 is 35.1 Å². The number of carbonyl (C=O) groups is 2. The highest BCUT2D eigenvalue weighted by molar-refractivity contribution is 5.79. The van der Waals surface area contributed by atoms with E-state index in [1.165, 1.54) is 21.3 Å². The maximum Gasteiger partial charge on any atom is 0.312 e. The van der Waals surface area contributed by atoms with E-state index in [1.54, 1.807) is 36.4 Å². The van der Waals surface area contributed by atoms with Crippen LogP contribution in [0.15, 0.2) is 66.7 Å². The summed E-state index contributed by atoms with van der Waals surface area (Å²) in [4.78, 5) is 24.5. The fourth-order valence-electron chi connectivity index (χ4n) is 5.87. The van der Waals surface area contributed by atoms with Crippen LogP contribution in [0.5, 0.6) is 17.2 Å². The van der Waals surface area contributed by atoms with Crippen LogP contribution in [-0.2, 0) is 20.7 Å². The summed E-state index contributed by atoms with van der Waals surface area (Å²) in [7, 11) is 4.17. The Morgan fingerprint density at radius 2 is 1.69 bits per heavy atom. The third kappa shape index (κ3) is 3.01. The predicted octanol–water partition coefficient (Wildman–Crippen LogP) is 2.94. The molecule has 0 unspecified atom stereocenters. The molecule has 1 fully saturated rings. The molecule has 0 aromatic heterocycles. The second-order valence-electron chi connectivity index (χ2n) is 8.93. The molecule has 5 rings (SSSR count). The number of rotatable bonds is 6. The SMILES string of the molecule is COC(=O)[C@H]1[C@@H](O)[C@@]2(O)c3c(OC)cc(OC)cc3O[C@@]2(c2ccc(C=O)cc2)[C@@H]1c1ccccc1. The number of benzene rings is 3. The molecule has 3 aromatic carbocycles. The van der Waals surface area contributed by atoms with Crippen molar-refractivity contribution in [3.8, 4) is 17.2 Å². The summed E-state index contributed by atoms with van der Waals surface area (Å²) in [5.41, 5.74) is -2.08. The van der Waals surface area contributed by atoms with Gasteiger partial charge in [-0.15, -0.1) is 0 Å².